The molecule has 3 aliphatic rings. The Morgan fingerprint density at radius 3 is 2.43 bits per heavy atom. The second kappa shape index (κ2) is 8.16. The van der Waals surface area contributed by atoms with E-state index in [1.54, 1.807) is 0 Å². The van der Waals surface area contributed by atoms with Crippen molar-refractivity contribution in [2.45, 2.75) is 78.1 Å². The number of rotatable bonds is 8. The zero-order valence-corrected chi connectivity index (χ0v) is 14.8. The van der Waals surface area contributed by atoms with Gasteiger partial charge in [0.1, 0.15) is 0 Å². The van der Waals surface area contributed by atoms with Gasteiger partial charge in [-0.25, -0.2) is 0 Å². The Kier molecular flexibility index (Phi) is 6.49. The fraction of sp³-hybridized carbons (Fsp3) is 0.895. The summed E-state index contributed by atoms with van der Waals surface area (Å²) in [5.41, 5.74) is -0.196. The van der Waals surface area contributed by atoms with Crippen molar-refractivity contribution in [3.05, 3.63) is 0 Å². The molecule has 3 rings (SSSR count). The van der Waals surface area contributed by atoms with E-state index in [-0.39, 0.29) is 17.7 Å². The highest BCUT2D eigenvalue weighted by atomic mass is 16.4. The highest BCUT2D eigenvalue weighted by molar-refractivity contribution is 5.82. The maximum atomic E-state index is 12.7. The smallest absolute Gasteiger partial charge is 0.303 e. The number of carboxylic acids is 1. The van der Waals surface area contributed by atoms with Crippen molar-refractivity contribution in [1.82, 2.24) is 5.32 Å². The lowest BCUT2D eigenvalue weighted by molar-refractivity contribution is -0.137. The molecule has 0 aromatic heterocycles. The van der Waals surface area contributed by atoms with Gasteiger partial charge in [-0.1, -0.05) is 26.7 Å². The van der Waals surface area contributed by atoms with Crippen molar-refractivity contribution < 1.29 is 14.7 Å². The molecule has 0 aliphatic heterocycles. The standard InChI is InChI=1S/C19H33NO3/c1-14-9-15-10-16(11-15)13-19(2,12-14)18(23)20-8-6-4-3-5-7-17(21)22/h14-16H,3-13H2,1-2H3,(H,20,23)(H,21,22). The Balaban J connectivity index is 1.67. The second-order valence-electron chi connectivity index (χ2n) is 8.33. The largest absolute Gasteiger partial charge is 0.481 e. The minimum absolute atomic E-state index is 0.196. The molecule has 3 fully saturated rings. The van der Waals surface area contributed by atoms with E-state index >= 15 is 0 Å². The maximum absolute atomic E-state index is 12.7. The van der Waals surface area contributed by atoms with Crippen molar-refractivity contribution in [2.75, 3.05) is 6.54 Å². The fourth-order valence-electron chi connectivity index (χ4n) is 4.73. The third kappa shape index (κ3) is 5.50. The van der Waals surface area contributed by atoms with Crippen molar-refractivity contribution >= 4 is 11.9 Å². The van der Waals surface area contributed by atoms with Gasteiger partial charge >= 0.3 is 5.97 Å². The van der Waals surface area contributed by atoms with Crippen LogP contribution in [0.4, 0.5) is 0 Å². The molecule has 3 saturated carbocycles. The van der Waals surface area contributed by atoms with Gasteiger partial charge in [-0.3, -0.25) is 9.59 Å². The van der Waals surface area contributed by atoms with Gasteiger partial charge in [0, 0.05) is 18.4 Å². The number of hydrogen-bond donors (Lipinski definition) is 2. The number of nitrogens with one attached hydrogen (secondary N) is 1. The number of fused-ring (bicyclic) bond motifs is 4. The van der Waals surface area contributed by atoms with Gasteiger partial charge in [0.05, 0.1) is 0 Å². The van der Waals surface area contributed by atoms with Crippen molar-refractivity contribution in [2.24, 2.45) is 23.2 Å². The summed E-state index contributed by atoms with van der Waals surface area (Å²) in [5.74, 6) is 1.85. The predicted octanol–water partition coefficient (Wildman–Crippen LogP) is 3.99. The molecular weight excluding hydrogens is 290 g/mol. The van der Waals surface area contributed by atoms with Gasteiger partial charge in [0.25, 0.3) is 0 Å². The quantitative estimate of drug-likeness (QED) is 0.664. The molecule has 2 atom stereocenters. The summed E-state index contributed by atoms with van der Waals surface area (Å²) in [5, 5.41) is 11.7. The molecule has 3 aliphatic carbocycles. The average molecular weight is 323 g/mol. The van der Waals surface area contributed by atoms with Crippen LogP contribution in [0.2, 0.25) is 0 Å². The molecule has 4 heteroatoms. The number of carbonyl (C=O) groups excluding carboxylic acids is 1. The molecular formula is C19H33NO3. The van der Waals surface area contributed by atoms with E-state index in [4.69, 9.17) is 5.11 Å². The van der Waals surface area contributed by atoms with Crippen LogP contribution in [0.25, 0.3) is 0 Å². The molecule has 132 valence electrons. The van der Waals surface area contributed by atoms with Gasteiger partial charge in [-0.2, -0.15) is 0 Å². The molecule has 0 spiro atoms. The van der Waals surface area contributed by atoms with Crippen LogP contribution in [0, 0.1) is 23.2 Å². The first kappa shape index (κ1) is 18.3. The first-order valence-corrected chi connectivity index (χ1v) is 9.39. The molecule has 0 aromatic carbocycles. The summed E-state index contributed by atoms with van der Waals surface area (Å²) in [6, 6.07) is 0. The number of carboxylic acid groups (broad SMARTS) is 1. The van der Waals surface area contributed by atoms with Crippen LogP contribution in [-0.4, -0.2) is 23.5 Å². The lowest BCUT2D eigenvalue weighted by atomic mass is 9.59. The minimum Gasteiger partial charge on any atom is -0.481 e. The molecule has 1 amide bonds. The molecule has 0 heterocycles. The summed E-state index contributed by atoms with van der Waals surface area (Å²) in [6.45, 7) is 5.18. The zero-order valence-electron chi connectivity index (χ0n) is 14.8. The van der Waals surface area contributed by atoms with Gasteiger partial charge in [0.15, 0.2) is 0 Å². The first-order chi connectivity index (χ1) is 10.9. The average Bonchev–Trinajstić information content (AvgIpc) is 2.41. The Hall–Kier alpha value is -1.06. The molecule has 2 unspecified atom stereocenters. The molecule has 4 nitrogen and oxygen atoms in total. The summed E-state index contributed by atoms with van der Waals surface area (Å²) >= 11 is 0. The van der Waals surface area contributed by atoms with Crippen LogP contribution < -0.4 is 5.32 Å². The summed E-state index contributed by atoms with van der Waals surface area (Å²) in [4.78, 5) is 23.1. The van der Waals surface area contributed by atoms with E-state index in [0.717, 1.165) is 56.9 Å². The van der Waals surface area contributed by atoms with Crippen molar-refractivity contribution in [3.8, 4) is 0 Å². The van der Waals surface area contributed by atoms with Crippen LogP contribution in [-0.2, 0) is 9.59 Å². The number of carbonyl (C=O) groups is 2. The fourth-order valence-corrected chi connectivity index (χ4v) is 4.73. The van der Waals surface area contributed by atoms with Crippen molar-refractivity contribution in [1.29, 1.82) is 0 Å². The molecule has 2 bridgehead atoms. The van der Waals surface area contributed by atoms with Crippen molar-refractivity contribution in [3.63, 3.8) is 0 Å². The third-order valence-electron chi connectivity index (χ3n) is 5.76. The number of aliphatic carboxylic acids is 1. The van der Waals surface area contributed by atoms with Gasteiger partial charge in [-0.05, 0) is 62.7 Å². The third-order valence-corrected chi connectivity index (χ3v) is 5.76. The minimum atomic E-state index is -0.720. The first-order valence-electron chi connectivity index (χ1n) is 9.39. The Morgan fingerprint density at radius 2 is 1.74 bits per heavy atom. The predicted molar refractivity (Wildman–Crippen MR) is 91.1 cm³/mol. The summed E-state index contributed by atoms with van der Waals surface area (Å²) < 4.78 is 0. The molecule has 0 aromatic rings. The Morgan fingerprint density at radius 1 is 1.04 bits per heavy atom. The molecule has 0 saturated heterocycles. The number of unbranched alkanes of at least 4 members (excludes halogenated alkanes) is 3. The van der Waals surface area contributed by atoms with E-state index in [1.807, 2.05) is 0 Å². The van der Waals surface area contributed by atoms with Crippen LogP contribution in [0.5, 0.6) is 0 Å². The molecule has 0 radical (unpaired) electrons. The highest BCUT2D eigenvalue weighted by Gasteiger charge is 2.43. The lowest BCUT2D eigenvalue weighted by Gasteiger charge is -2.46. The zero-order chi connectivity index (χ0) is 16.9. The van der Waals surface area contributed by atoms with E-state index in [9.17, 15) is 9.59 Å². The maximum Gasteiger partial charge on any atom is 0.303 e. The lowest BCUT2D eigenvalue weighted by Crippen LogP contribution is -2.45. The van der Waals surface area contributed by atoms with Gasteiger partial charge < -0.3 is 10.4 Å². The summed E-state index contributed by atoms with van der Waals surface area (Å²) in [6.07, 6.45) is 9.89. The molecule has 2 N–H and O–H groups in total. The SMILES string of the molecule is CC1CC2CC(C2)CC(C)(C(=O)NCCCCCCC(=O)O)C1. The van der Waals surface area contributed by atoms with E-state index in [2.05, 4.69) is 19.2 Å². The van der Waals surface area contributed by atoms with E-state index in [1.165, 1.54) is 19.3 Å². The Labute approximate surface area is 140 Å². The van der Waals surface area contributed by atoms with Gasteiger partial charge in [-0.15, -0.1) is 0 Å². The van der Waals surface area contributed by atoms with Crippen LogP contribution in [0.1, 0.15) is 78.1 Å². The van der Waals surface area contributed by atoms with E-state index in [0.29, 0.717) is 5.92 Å². The Bertz CT molecular complexity index is 413. The van der Waals surface area contributed by atoms with Gasteiger partial charge in [0.2, 0.25) is 5.91 Å². The summed E-state index contributed by atoms with van der Waals surface area (Å²) in [7, 11) is 0. The molecule has 23 heavy (non-hydrogen) atoms. The normalized spacial score (nSPS) is 33.2. The second-order valence-corrected chi connectivity index (χ2v) is 8.33. The van der Waals surface area contributed by atoms with Crippen LogP contribution in [0.15, 0.2) is 0 Å². The monoisotopic (exact) mass is 323 g/mol. The highest BCUT2D eigenvalue weighted by Crippen LogP contribution is 2.50. The van der Waals surface area contributed by atoms with Crippen LogP contribution in [0.3, 0.4) is 0 Å². The van der Waals surface area contributed by atoms with Crippen LogP contribution >= 0.6 is 0 Å². The number of hydrogen-bond acceptors (Lipinski definition) is 2. The number of amides is 1. The topological polar surface area (TPSA) is 66.4 Å². The van der Waals surface area contributed by atoms with E-state index < -0.39 is 5.97 Å².